The Morgan fingerprint density at radius 3 is 2.37 bits per heavy atom. The molecule has 0 aromatic heterocycles. The zero-order valence-electron chi connectivity index (χ0n) is 13.0. The van der Waals surface area contributed by atoms with E-state index in [1.165, 1.54) is 0 Å². The fourth-order valence-electron chi connectivity index (χ4n) is 3.77. The van der Waals surface area contributed by atoms with E-state index in [0.717, 1.165) is 26.1 Å². The monoisotopic (exact) mass is 270 g/mol. The van der Waals surface area contributed by atoms with Crippen LogP contribution in [0.2, 0.25) is 0 Å². The van der Waals surface area contributed by atoms with Gasteiger partial charge in [0, 0.05) is 25.0 Å². The lowest BCUT2D eigenvalue weighted by atomic mass is 9.83. The molecule has 0 spiro atoms. The Bertz CT molecular complexity index is 328. The Morgan fingerprint density at radius 1 is 1.32 bits per heavy atom. The van der Waals surface area contributed by atoms with Crippen LogP contribution in [0.15, 0.2) is 0 Å². The maximum Gasteiger partial charge on any atom is 0.0788 e. The molecular formula is C15H30N2O2. The van der Waals surface area contributed by atoms with Crippen LogP contribution < -0.4 is 5.73 Å². The van der Waals surface area contributed by atoms with E-state index in [0.29, 0.717) is 11.8 Å². The molecular weight excluding hydrogens is 240 g/mol. The summed E-state index contributed by atoms with van der Waals surface area (Å²) in [5.74, 6) is 0.755. The van der Waals surface area contributed by atoms with Crippen LogP contribution in [0, 0.1) is 11.8 Å². The van der Waals surface area contributed by atoms with Crippen LogP contribution in [0.1, 0.15) is 41.0 Å². The fraction of sp³-hybridized carbons (Fsp3) is 1.00. The molecule has 2 fully saturated rings. The fourth-order valence-corrected chi connectivity index (χ4v) is 3.77. The minimum atomic E-state index is -0.252. The highest BCUT2D eigenvalue weighted by molar-refractivity contribution is 5.05. The van der Waals surface area contributed by atoms with Crippen LogP contribution in [0.25, 0.3) is 0 Å². The number of hydrogen-bond acceptors (Lipinski definition) is 4. The van der Waals surface area contributed by atoms with Gasteiger partial charge in [0.2, 0.25) is 0 Å². The van der Waals surface area contributed by atoms with Crippen molar-refractivity contribution in [1.82, 2.24) is 4.90 Å². The minimum absolute atomic E-state index is 0.0631. The maximum absolute atomic E-state index is 9.69. The molecule has 4 heteroatoms. The number of aliphatic hydroxyl groups is 1. The Morgan fingerprint density at radius 2 is 1.95 bits per heavy atom. The van der Waals surface area contributed by atoms with Gasteiger partial charge in [0.1, 0.15) is 0 Å². The molecule has 2 rings (SSSR count). The molecule has 0 saturated carbocycles. The molecule has 112 valence electrons. The first-order valence-electron chi connectivity index (χ1n) is 7.49. The van der Waals surface area contributed by atoms with Gasteiger partial charge in [-0.2, -0.15) is 0 Å². The highest BCUT2D eigenvalue weighted by Crippen LogP contribution is 2.42. The van der Waals surface area contributed by atoms with Gasteiger partial charge in [-0.05, 0) is 53.5 Å². The second-order valence-corrected chi connectivity index (χ2v) is 7.49. The van der Waals surface area contributed by atoms with Crippen molar-refractivity contribution in [2.75, 3.05) is 19.6 Å². The summed E-state index contributed by atoms with van der Waals surface area (Å²) in [7, 11) is 0. The molecule has 0 radical (unpaired) electrons. The van der Waals surface area contributed by atoms with Gasteiger partial charge in [0.25, 0.3) is 0 Å². The van der Waals surface area contributed by atoms with Crippen LogP contribution in [-0.4, -0.2) is 53.0 Å². The van der Waals surface area contributed by atoms with Crippen LogP contribution in [-0.2, 0) is 4.74 Å². The van der Waals surface area contributed by atoms with Crippen LogP contribution >= 0.6 is 0 Å². The average molecular weight is 270 g/mol. The smallest absolute Gasteiger partial charge is 0.0788 e. The summed E-state index contributed by atoms with van der Waals surface area (Å²) < 4.78 is 6.14. The van der Waals surface area contributed by atoms with Gasteiger partial charge >= 0.3 is 0 Å². The zero-order valence-corrected chi connectivity index (χ0v) is 13.0. The topological polar surface area (TPSA) is 58.7 Å². The molecule has 19 heavy (non-hydrogen) atoms. The number of aliphatic hydroxyl groups excluding tert-OH is 1. The predicted octanol–water partition coefficient (Wildman–Crippen LogP) is 1.22. The third-order valence-electron chi connectivity index (χ3n) is 5.10. The average Bonchev–Trinajstić information content (AvgIpc) is 2.76. The van der Waals surface area contributed by atoms with E-state index in [4.69, 9.17) is 10.5 Å². The summed E-state index contributed by atoms with van der Waals surface area (Å²) in [6.07, 6.45) is 0.882. The molecule has 0 amide bonds. The van der Waals surface area contributed by atoms with Crippen LogP contribution in [0.4, 0.5) is 0 Å². The third-order valence-corrected chi connectivity index (χ3v) is 5.10. The van der Waals surface area contributed by atoms with Crippen molar-refractivity contribution in [2.45, 2.75) is 64.4 Å². The lowest BCUT2D eigenvalue weighted by Gasteiger charge is -2.31. The van der Waals surface area contributed by atoms with Gasteiger partial charge in [-0.15, -0.1) is 0 Å². The molecule has 2 saturated heterocycles. The Labute approximate surface area is 117 Å². The zero-order chi connectivity index (χ0) is 14.4. The second-order valence-electron chi connectivity index (χ2n) is 7.49. The van der Waals surface area contributed by atoms with E-state index in [1.807, 2.05) is 6.92 Å². The van der Waals surface area contributed by atoms with E-state index in [2.05, 4.69) is 32.6 Å². The normalized spacial score (nSPS) is 39.6. The summed E-state index contributed by atoms with van der Waals surface area (Å²) in [5, 5.41) is 9.69. The summed E-state index contributed by atoms with van der Waals surface area (Å²) in [6.45, 7) is 13.4. The van der Waals surface area contributed by atoms with Crippen LogP contribution in [0.3, 0.4) is 0 Å². The van der Waals surface area contributed by atoms with Crippen molar-refractivity contribution >= 4 is 0 Å². The molecule has 2 aliphatic heterocycles. The minimum Gasteiger partial charge on any atom is -0.393 e. The molecule has 4 atom stereocenters. The standard InChI is InChI=1S/C15H30N2O2/c1-10(18)11-6-7-17(8-11)9-12-13(16)15(4,5)19-14(12,2)3/h10-13,18H,6-9,16H2,1-5H3. The summed E-state index contributed by atoms with van der Waals surface area (Å²) in [4.78, 5) is 2.44. The van der Waals surface area contributed by atoms with Crippen molar-refractivity contribution in [1.29, 1.82) is 0 Å². The Kier molecular flexibility index (Phi) is 4.00. The van der Waals surface area contributed by atoms with E-state index in [-0.39, 0.29) is 23.3 Å². The summed E-state index contributed by atoms with van der Waals surface area (Å²) in [5.41, 5.74) is 5.98. The first kappa shape index (κ1) is 15.2. The van der Waals surface area contributed by atoms with Crippen molar-refractivity contribution in [3.8, 4) is 0 Å². The van der Waals surface area contributed by atoms with Crippen molar-refractivity contribution < 1.29 is 9.84 Å². The maximum atomic E-state index is 9.69. The van der Waals surface area contributed by atoms with Gasteiger partial charge in [-0.25, -0.2) is 0 Å². The highest BCUT2D eigenvalue weighted by atomic mass is 16.5. The first-order valence-corrected chi connectivity index (χ1v) is 7.49. The molecule has 2 heterocycles. The second kappa shape index (κ2) is 4.99. The molecule has 4 nitrogen and oxygen atoms in total. The molecule has 4 unspecified atom stereocenters. The van der Waals surface area contributed by atoms with Gasteiger partial charge in [-0.3, -0.25) is 0 Å². The SMILES string of the molecule is CC(O)C1CCN(CC2C(N)C(C)(C)OC2(C)C)C1. The largest absolute Gasteiger partial charge is 0.393 e. The number of rotatable bonds is 3. The van der Waals surface area contributed by atoms with Gasteiger partial charge < -0.3 is 20.5 Å². The molecule has 0 aromatic carbocycles. The van der Waals surface area contributed by atoms with Crippen LogP contribution in [0.5, 0.6) is 0 Å². The van der Waals surface area contributed by atoms with Gasteiger partial charge in [0.05, 0.1) is 17.3 Å². The molecule has 3 N–H and O–H groups in total. The highest BCUT2D eigenvalue weighted by Gasteiger charge is 2.52. The third kappa shape index (κ3) is 2.97. The number of ether oxygens (including phenoxy) is 1. The predicted molar refractivity (Wildman–Crippen MR) is 76.9 cm³/mol. The van der Waals surface area contributed by atoms with Gasteiger partial charge in [-0.1, -0.05) is 0 Å². The van der Waals surface area contributed by atoms with Crippen molar-refractivity contribution in [2.24, 2.45) is 17.6 Å². The lowest BCUT2D eigenvalue weighted by Crippen LogP contribution is -2.48. The molecule has 0 aromatic rings. The number of hydrogen-bond donors (Lipinski definition) is 2. The number of nitrogens with two attached hydrogens (primary N) is 1. The Hall–Kier alpha value is -0.160. The number of nitrogens with zero attached hydrogens (tertiary/aromatic N) is 1. The van der Waals surface area contributed by atoms with E-state index >= 15 is 0 Å². The quantitative estimate of drug-likeness (QED) is 0.809. The first-order chi connectivity index (χ1) is 8.63. The summed E-state index contributed by atoms with van der Waals surface area (Å²) in [6, 6.07) is 0.0631. The van der Waals surface area contributed by atoms with Crippen molar-refractivity contribution in [3.63, 3.8) is 0 Å². The molecule has 2 aliphatic rings. The van der Waals surface area contributed by atoms with E-state index in [1.54, 1.807) is 0 Å². The van der Waals surface area contributed by atoms with Crippen molar-refractivity contribution in [3.05, 3.63) is 0 Å². The molecule has 0 bridgehead atoms. The van der Waals surface area contributed by atoms with E-state index < -0.39 is 0 Å². The molecule has 0 aliphatic carbocycles. The van der Waals surface area contributed by atoms with E-state index in [9.17, 15) is 5.11 Å². The number of likely N-dealkylation sites (tertiary alicyclic amines) is 1. The lowest BCUT2D eigenvalue weighted by molar-refractivity contribution is -0.0782. The Balaban J connectivity index is 1.99. The summed E-state index contributed by atoms with van der Waals surface area (Å²) >= 11 is 0. The van der Waals surface area contributed by atoms with Gasteiger partial charge in [0.15, 0.2) is 0 Å².